The molecule has 2 atom stereocenters. The summed E-state index contributed by atoms with van der Waals surface area (Å²) in [6.45, 7) is 1.81. The Labute approximate surface area is 111 Å². The maximum Gasteiger partial charge on any atom is 0.339 e. The third-order valence-corrected chi connectivity index (χ3v) is 3.67. The van der Waals surface area contributed by atoms with Gasteiger partial charge >= 0.3 is 5.97 Å². The fraction of sp³-hybridized carbons (Fsp3) is 0.615. The molecule has 1 fully saturated rings. The lowest BCUT2D eigenvalue weighted by Gasteiger charge is -2.30. The highest BCUT2D eigenvalue weighted by Gasteiger charge is 2.25. The molecule has 1 heterocycles. The maximum absolute atomic E-state index is 10.9. The van der Waals surface area contributed by atoms with E-state index in [4.69, 9.17) is 5.11 Å². The average Bonchev–Trinajstić information content (AvgIpc) is 2.39. The number of hydrogen-bond donors (Lipinski definition) is 3. The summed E-state index contributed by atoms with van der Waals surface area (Å²) >= 11 is 0. The van der Waals surface area contributed by atoms with Crippen LogP contribution in [0.5, 0.6) is 0 Å². The largest absolute Gasteiger partial charge is 0.478 e. The van der Waals surface area contributed by atoms with Crippen molar-refractivity contribution in [2.45, 2.75) is 38.6 Å². The number of nitrogens with zero attached hydrogens (tertiary/aromatic N) is 2. The van der Waals surface area contributed by atoms with Crippen molar-refractivity contribution in [3.05, 3.63) is 17.5 Å². The molecule has 3 N–H and O–H groups in total. The van der Waals surface area contributed by atoms with Crippen molar-refractivity contribution in [2.24, 2.45) is 5.92 Å². The van der Waals surface area contributed by atoms with E-state index in [1.807, 2.05) is 0 Å². The molecule has 1 saturated carbocycles. The van der Waals surface area contributed by atoms with E-state index in [0.717, 1.165) is 25.7 Å². The zero-order valence-corrected chi connectivity index (χ0v) is 11.0. The summed E-state index contributed by atoms with van der Waals surface area (Å²) in [7, 11) is 0. The molecular weight excluding hydrogens is 246 g/mol. The first-order chi connectivity index (χ1) is 9.11. The van der Waals surface area contributed by atoms with Crippen molar-refractivity contribution in [2.75, 3.05) is 11.9 Å². The highest BCUT2D eigenvalue weighted by molar-refractivity contribution is 5.88. The van der Waals surface area contributed by atoms with Gasteiger partial charge in [-0.05, 0) is 19.8 Å². The average molecular weight is 265 g/mol. The van der Waals surface area contributed by atoms with Gasteiger partial charge in [0.1, 0.15) is 0 Å². The molecule has 0 bridgehead atoms. The second-order valence-electron chi connectivity index (χ2n) is 4.98. The number of carbonyl (C=O) groups is 1. The van der Waals surface area contributed by atoms with Crippen LogP contribution in [-0.2, 0) is 0 Å². The quantitative estimate of drug-likeness (QED) is 0.762. The van der Waals surface area contributed by atoms with Crippen LogP contribution in [-0.4, -0.2) is 38.8 Å². The van der Waals surface area contributed by atoms with Gasteiger partial charge in [-0.15, -0.1) is 0 Å². The van der Waals surface area contributed by atoms with E-state index in [1.54, 1.807) is 6.92 Å². The molecule has 1 aliphatic carbocycles. The summed E-state index contributed by atoms with van der Waals surface area (Å²) in [5.41, 5.74) is 0.564. The minimum absolute atomic E-state index is 0.118. The van der Waals surface area contributed by atoms with Crippen LogP contribution in [0.4, 0.5) is 5.95 Å². The van der Waals surface area contributed by atoms with Gasteiger partial charge in [-0.2, -0.15) is 0 Å². The van der Waals surface area contributed by atoms with Crippen molar-refractivity contribution < 1.29 is 15.0 Å². The summed E-state index contributed by atoms with van der Waals surface area (Å²) in [6.07, 6.45) is 5.57. The highest BCUT2D eigenvalue weighted by atomic mass is 16.4. The molecule has 104 valence electrons. The minimum Gasteiger partial charge on any atom is -0.478 e. The second-order valence-corrected chi connectivity index (χ2v) is 4.98. The molecule has 1 aromatic heterocycles. The van der Waals surface area contributed by atoms with Crippen LogP contribution in [0.25, 0.3) is 0 Å². The monoisotopic (exact) mass is 265 g/mol. The third kappa shape index (κ3) is 3.20. The molecule has 1 aromatic rings. The Kier molecular flexibility index (Phi) is 4.31. The molecular formula is C13H19N3O3. The van der Waals surface area contributed by atoms with Crippen LogP contribution < -0.4 is 5.32 Å². The van der Waals surface area contributed by atoms with Crippen LogP contribution in [0.1, 0.15) is 41.7 Å². The first-order valence-corrected chi connectivity index (χ1v) is 6.56. The molecule has 0 spiro atoms. The number of rotatable bonds is 4. The number of aromatic nitrogens is 2. The number of nitrogens with one attached hydrogen (secondary N) is 1. The third-order valence-electron chi connectivity index (χ3n) is 3.67. The van der Waals surface area contributed by atoms with Gasteiger partial charge in [-0.25, -0.2) is 14.8 Å². The van der Waals surface area contributed by atoms with Gasteiger partial charge in [0.2, 0.25) is 5.95 Å². The predicted molar refractivity (Wildman–Crippen MR) is 70.2 cm³/mol. The predicted octanol–water partition coefficient (Wildman–Crippen LogP) is 1.45. The number of hydrogen-bond acceptors (Lipinski definition) is 5. The topological polar surface area (TPSA) is 95.3 Å². The van der Waals surface area contributed by atoms with Crippen molar-refractivity contribution in [3.8, 4) is 0 Å². The first kappa shape index (κ1) is 13.7. The Balaban J connectivity index is 2.10. The summed E-state index contributed by atoms with van der Waals surface area (Å²) in [6, 6.07) is 0.161. The van der Waals surface area contributed by atoms with Gasteiger partial charge in [0, 0.05) is 24.8 Å². The molecule has 0 saturated heterocycles. The van der Waals surface area contributed by atoms with Crippen molar-refractivity contribution >= 4 is 11.9 Å². The van der Waals surface area contributed by atoms with E-state index in [-0.39, 0.29) is 24.1 Å². The standard InChI is InChI=1S/C13H19N3O3/c1-8-10(12(18)19)6-14-13(15-8)16-11-5-3-2-4-9(11)7-17/h6,9,11,17H,2-5,7H2,1H3,(H,18,19)(H,14,15,16). The first-order valence-electron chi connectivity index (χ1n) is 6.56. The maximum atomic E-state index is 10.9. The van der Waals surface area contributed by atoms with Gasteiger partial charge in [-0.3, -0.25) is 0 Å². The molecule has 0 aromatic carbocycles. The van der Waals surface area contributed by atoms with Crippen LogP contribution in [0.2, 0.25) is 0 Å². The van der Waals surface area contributed by atoms with Gasteiger partial charge in [0.05, 0.1) is 11.3 Å². The smallest absolute Gasteiger partial charge is 0.339 e. The lowest BCUT2D eigenvalue weighted by atomic mass is 9.85. The SMILES string of the molecule is Cc1nc(NC2CCCCC2CO)ncc1C(=O)O. The number of anilines is 1. The van der Waals surface area contributed by atoms with Crippen LogP contribution >= 0.6 is 0 Å². The van der Waals surface area contributed by atoms with Crippen LogP contribution in [0.3, 0.4) is 0 Å². The number of aliphatic hydroxyl groups excluding tert-OH is 1. The van der Waals surface area contributed by atoms with Gasteiger partial charge in [0.15, 0.2) is 0 Å². The van der Waals surface area contributed by atoms with Crippen molar-refractivity contribution in [1.82, 2.24) is 9.97 Å². The fourth-order valence-corrected chi connectivity index (χ4v) is 2.53. The van der Waals surface area contributed by atoms with E-state index in [9.17, 15) is 9.90 Å². The van der Waals surface area contributed by atoms with Gasteiger partial charge in [-0.1, -0.05) is 12.8 Å². The number of carboxylic acid groups (broad SMARTS) is 1. The Morgan fingerprint density at radius 3 is 2.84 bits per heavy atom. The Bertz CT molecular complexity index is 464. The van der Waals surface area contributed by atoms with E-state index in [0.29, 0.717) is 11.6 Å². The van der Waals surface area contributed by atoms with E-state index in [2.05, 4.69) is 15.3 Å². The summed E-state index contributed by atoms with van der Waals surface area (Å²) < 4.78 is 0. The normalized spacial score (nSPS) is 23.1. The molecule has 0 aliphatic heterocycles. The number of aliphatic hydroxyl groups is 1. The number of aromatic carboxylic acids is 1. The molecule has 2 rings (SSSR count). The zero-order chi connectivity index (χ0) is 13.8. The molecule has 1 aliphatic rings. The molecule has 6 nitrogen and oxygen atoms in total. The van der Waals surface area contributed by atoms with Crippen molar-refractivity contribution in [1.29, 1.82) is 0 Å². The summed E-state index contributed by atoms with van der Waals surface area (Å²) in [5, 5.41) is 21.5. The van der Waals surface area contributed by atoms with E-state index < -0.39 is 5.97 Å². The molecule has 0 radical (unpaired) electrons. The van der Waals surface area contributed by atoms with Crippen LogP contribution in [0.15, 0.2) is 6.20 Å². The van der Waals surface area contributed by atoms with Gasteiger partial charge < -0.3 is 15.5 Å². The van der Waals surface area contributed by atoms with Crippen molar-refractivity contribution in [3.63, 3.8) is 0 Å². The Morgan fingerprint density at radius 1 is 1.47 bits per heavy atom. The number of aryl methyl sites for hydroxylation is 1. The second kappa shape index (κ2) is 5.97. The Hall–Kier alpha value is -1.69. The van der Waals surface area contributed by atoms with E-state index in [1.165, 1.54) is 6.20 Å². The fourth-order valence-electron chi connectivity index (χ4n) is 2.53. The summed E-state index contributed by atoms with van der Waals surface area (Å²) in [4.78, 5) is 19.1. The lowest BCUT2D eigenvalue weighted by molar-refractivity contribution is 0.0695. The lowest BCUT2D eigenvalue weighted by Crippen LogP contribution is -2.35. The zero-order valence-electron chi connectivity index (χ0n) is 11.0. The number of carboxylic acids is 1. The Morgan fingerprint density at radius 2 is 2.21 bits per heavy atom. The minimum atomic E-state index is -1.02. The molecule has 2 unspecified atom stereocenters. The van der Waals surface area contributed by atoms with Gasteiger partial charge in [0.25, 0.3) is 0 Å². The highest BCUT2D eigenvalue weighted by Crippen LogP contribution is 2.26. The molecule has 0 amide bonds. The molecule has 19 heavy (non-hydrogen) atoms. The van der Waals surface area contributed by atoms with Crippen LogP contribution in [0, 0.1) is 12.8 Å². The summed E-state index contributed by atoms with van der Waals surface area (Å²) in [5.74, 6) is -0.361. The molecule has 6 heteroatoms. The van der Waals surface area contributed by atoms with E-state index >= 15 is 0 Å².